The van der Waals surface area contributed by atoms with Crippen LogP contribution in [0.15, 0.2) is 40.6 Å². The number of carbonyl (C=O) groups excluding carboxylic acids is 1. The van der Waals surface area contributed by atoms with E-state index in [1.807, 2.05) is 21.0 Å². The molecule has 3 aromatic rings. The molecule has 2 amide bonds. The number of amidine groups is 1. The van der Waals surface area contributed by atoms with Crippen molar-refractivity contribution in [2.75, 3.05) is 33.2 Å². The summed E-state index contributed by atoms with van der Waals surface area (Å²) in [7, 11) is 3.81. The summed E-state index contributed by atoms with van der Waals surface area (Å²) in [4.78, 5) is 25.5. The predicted molar refractivity (Wildman–Crippen MR) is 141 cm³/mol. The first kappa shape index (κ1) is 25.8. The van der Waals surface area contributed by atoms with Gasteiger partial charge >= 0.3 is 6.03 Å². The van der Waals surface area contributed by atoms with Gasteiger partial charge < -0.3 is 14.5 Å². The molecule has 13 heteroatoms. The third-order valence-corrected chi connectivity index (χ3v) is 7.32. The van der Waals surface area contributed by atoms with Crippen LogP contribution >= 0.6 is 0 Å². The van der Waals surface area contributed by atoms with E-state index in [0.29, 0.717) is 29.9 Å². The maximum absolute atomic E-state index is 14.7. The molecule has 0 bridgehead atoms. The van der Waals surface area contributed by atoms with Gasteiger partial charge in [-0.3, -0.25) is 14.7 Å². The Bertz CT molecular complexity index is 1530. The third-order valence-electron chi connectivity index (χ3n) is 7.32. The third kappa shape index (κ3) is 4.54. The number of rotatable bonds is 5. The summed E-state index contributed by atoms with van der Waals surface area (Å²) < 4.78 is 49.8. The summed E-state index contributed by atoms with van der Waals surface area (Å²) in [5.41, 5.74) is 3.13. The van der Waals surface area contributed by atoms with Gasteiger partial charge in [0.2, 0.25) is 0 Å². The number of ether oxygens (including phenoxy) is 1. The Labute approximate surface area is 228 Å². The average Bonchev–Trinajstić information content (AvgIpc) is 3.60. The molecule has 1 saturated heterocycles. The van der Waals surface area contributed by atoms with E-state index >= 15 is 0 Å². The molecule has 6 rings (SSSR count). The van der Waals surface area contributed by atoms with Gasteiger partial charge in [0.1, 0.15) is 35.0 Å². The quantitative estimate of drug-likeness (QED) is 0.483. The van der Waals surface area contributed by atoms with Crippen molar-refractivity contribution in [2.45, 2.75) is 25.5 Å². The number of aryl methyl sites for hydroxylation is 1. The van der Waals surface area contributed by atoms with Crippen molar-refractivity contribution in [1.82, 2.24) is 29.6 Å². The molecule has 1 aromatic carbocycles. The lowest BCUT2D eigenvalue weighted by atomic mass is 10.0. The molecule has 5 heterocycles. The largest absolute Gasteiger partial charge is 0.483 e. The van der Waals surface area contributed by atoms with Crippen LogP contribution in [0.25, 0.3) is 11.4 Å². The van der Waals surface area contributed by atoms with Crippen molar-refractivity contribution >= 4 is 18.1 Å². The van der Waals surface area contributed by atoms with Crippen LogP contribution in [0.2, 0.25) is 0 Å². The second kappa shape index (κ2) is 9.96. The molecule has 1 atom stereocenters. The number of hydrogen-bond acceptors (Lipinski definition) is 7. The fourth-order valence-electron chi connectivity index (χ4n) is 5.25. The molecule has 0 aliphatic carbocycles. The number of likely N-dealkylation sites (tertiary alicyclic amines) is 1. The lowest BCUT2D eigenvalue weighted by Gasteiger charge is -2.41. The summed E-state index contributed by atoms with van der Waals surface area (Å²) in [6.45, 7) is 3.88. The number of halogens is 3. The molecule has 10 nitrogen and oxygen atoms in total. The van der Waals surface area contributed by atoms with E-state index in [4.69, 9.17) is 4.74 Å². The fraction of sp³-hybridized carbons (Fsp3) is 0.370. The minimum absolute atomic E-state index is 0.0105. The molecule has 1 fully saturated rings. The Hall–Kier alpha value is -4.42. The zero-order chi connectivity index (χ0) is 28.1. The molecule has 2 aromatic heterocycles. The van der Waals surface area contributed by atoms with Gasteiger partial charge in [-0.1, -0.05) is 0 Å². The maximum atomic E-state index is 14.7. The standard InChI is InChI=1S/C27H27F3N8O2/c1-15-24(34-36(3)25(15)26-31-6-7-35(26)2)21-11-23(20(30)12-32-21)40-19-13-37(14-19)27(39)38-22(4-5-33-38)16-8-17(28)10-18(29)9-16/h5,8-12,19,22H,4,6-7,13-14H2,1-3H3/t22-/m0/s1. The SMILES string of the molecule is Cc1c(-c2cc(OC3CN(C(=O)N4N=CC[C@H]4c4cc(F)cc(F)c4)C3)c(F)cn2)nn(C)c1C1=NCCN1C. The number of urea groups is 1. The molecule has 0 saturated carbocycles. The molecule has 0 N–H and O–H groups in total. The van der Waals surface area contributed by atoms with Crippen molar-refractivity contribution in [3.05, 3.63) is 64.7 Å². The Kier molecular flexibility index (Phi) is 6.43. The lowest BCUT2D eigenvalue weighted by molar-refractivity contribution is 0.0256. The van der Waals surface area contributed by atoms with Crippen LogP contribution in [0.4, 0.5) is 18.0 Å². The first-order valence-electron chi connectivity index (χ1n) is 12.9. The summed E-state index contributed by atoms with van der Waals surface area (Å²) in [5.74, 6) is -1.20. The first-order chi connectivity index (χ1) is 19.2. The monoisotopic (exact) mass is 552 g/mol. The van der Waals surface area contributed by atoms with Crippen LogP contribution in [0.1, 0.15) is 29.3 Å². The van der Waals surface area contributed by atoms with Crippen molar-refractivity contribution in [3.8, 4) is 17.1 Å². The number of aromatic nitrogens is 3. The van der Waals surface area contributed by atoms with Crippen LogP contribution in [0, 0.1) is 24.4 Å². The van der Waals surface area contributed by atoms with Gasteiger partial charge in [-0.25, -0.2) is 23.0 Å². The van der Waals surface area contributed by atoms with E-state index in [1.54, 1.807) is 4.68 Å². The Balaban J connectivity index is 1.14. The van der Waals surface area contributed by atoms with Crippen LogP contribution in [-0.2, 0) is 7.05 Å². The van der Waals surface area contributed by atoms with Gasteiger partial charge in [0.05, 0.1) is 37.6 Å². The van der Waals surface area contributed by atoms with Crippen molar-refractivity contribution < 1.29 is 22.7 Å². The van der Waals surface area contributed by atoms with Gasteiger partial charge in [-0.2, -0.15) is 10.2 Å². The van der Waals surface area contributed by atoms with Crippen molar-refractivity contribution in [2.24, 2.45) is 17.1 Å². The molecule has 0 unspecified atom stereocenters. The van der Waals surface area contributed by atoms with E-state index in [0.717, 1.165) is 35.9 Å². The summed E-state index contributed by atoms with van der Waals surface area (Å²) >= 11 is 0. The van der Waals surface area contributed by atoms with Gasteiger partial charge in [0.15, 0.2) is 11.6 Å². The number of benzene rings is 1. The van der Waals surface area contributed by atoms with Crippen LogP contribution in [-0.4, -0.2) is 87.0 Å². The van der Waals surface area contributed by atoms with E-state index in [1.165, 1.54) is 34.3 Å². The topological polar surface area (TPSA) is 91.4 Å². The second-order valence-corrected chi connectivity index (χ2v) is 10.1. The fourth-order valence-corrected chi connectivity index (χ4v) is 5.25. The molecule has 0 spiro atoms. The predicted octanol–water partition coefficient (Wildman–Crippen LogP) is 3.52. The molecule has 0 radical (unpaired) electrons. The van der Waals surface area contributed by atoms with Gasteiger partial charge in [0.25, 0.3) is 0 Å². The zero-order valence-electron chi connectivity index (χ0n) is 22.2. The Morgan fingerprint density at radius 3 is 2.52 bits per heavy atom. The van der Waals surface area contributed by atoms with Crippen LogP contribution < -0.4 is 4.74 Å². The highest BCUT2D eigenvalue weighted by atomic mass is 19.1. The van der Waals surface area contributed by atoms with E-state index in [9.17, 15) is 18.0 Å². The van der Waals surface area contributed by atoms with Gasteiger partial charge in [0, 0.05) is 51.0 Å². The Morgan fingerprint density at radius 1 is 1.07 bits per heavy atom. The smallest absolute Gasteiger partial charge is 0.341 e. The minimum Gasteiger partial charge on any atom is -0.483 e. The highest BCUT2D eigenvalue weighted by molar-refractivity contribution is 6.00. The molecule has 208 valence electrons. The normalized spacial score (nSPS) is 18.9. The summed E-state index contributed by atoms with van der Waals surface area (Å²) in [6.07, 6.45) is 2.52. The molecule has 3 aliphatic heterocycles. The van der Waals surface area contributed by atoms with E-state index in [2.05, 4.69) is 25.1 Å². The summed E-state index contributed by atoms with van der Waals surface area (Å²) in [6, 6.07) is 3.65. The maximum Gasteiger partial charge on any atom is 0.341 e. The van der Waals surface area contributed by atoms with E-state index in [-0.39, 0.29) is 18.8 Å². The minimum atomic E-state index is -0.720. The van der Waals surface area contributed by atoms with Crippen LogP contribution in [0.3, 0.4) is 0 Å². The number of likely N-dealkylation sites (N-methyl/N-ethyl adjacent to an activating group) is 1. The number of carbonyl (C=O) groups is 1. The molecule has 3 aliphatic rings. The number of aliphatic imine (C=N–C) groups is 1. The second-order valence-electron chi connectivity index (χ2n) is 10.1. The molecule has 40 heavy (non-hydrogen) atoms. The number of hydrogen-bond donors (Lipinski definition) is 0. The lowest BCUT2D eigenvalue weighted by Crippen LogP contribution is -2.58. The van der Waals surface area contributed by atoms with Crippen molar-refractivity contribution in [3.63, 3.8) is 0 Å². The zero-order valence-corrected chi connectivity index (χ0v) is 22.2. The molecular formula is C27H27F3N8O2. The number of nitrogens with zero attached hydrogens (tertiary/aromatic N) is 8. The average molecular weight is 553 g/mol. The number of amides is 2. The Morgan fingerprint density at radius 2 is 1.82 bits per heavy atom. The number of hydrazone groups is 1. The van der Waals surface area contributed by atoms with Crippen LogP contribution in [0.5, 0.6) is 5.75 Å². The highest BCUT2D eigenvalue weighted by Gasteiger charge is 2.39. The number of pyridine rings is 1. The van der Waals surface area contributed by atoms with Gasteiger partial charge in [-0.05, 0) is 24.6 Å². The van der Waals surface area contributed by atoms with Gasteiger partial charge in [-0.15, -0.1) is 0 Å². The summed E-state index contributed by atoms with van der Waals surface area (Å²) in [5, 5.41) is 9.94. The first-order valence-corrected chi connectivity index (χ1v) is 12.9. The van der Waals surface area contributed by atoms with Crippen molar-refractivity contribution in [1.29, 1.82) is 0 Å². The molecular weight excluding hydrogens is 525 g/mol. The van der Waals surface area contributed by atoms with E-state index < -0.39 is 35.6 Å². The highest BCUT2D eigenvalue weighted by Crippen LogP contribution is 2.33.